The zero-order chi connectivity index (χ0) is 25.3. The second-order valence-electron chi connectivity index (χ2n) is 8.38. The molecule has 8 nitrogen and oxygen atoms in total. The maximum atomic E-state index is 13.4. The SMILES string of the molecule is COc1ccc(C(=O)Nc2ccccc2C(=O)NC(Cc2ccccc2)C(=O)N2CCOCC2)cc1. The summed E-state index contributed by atoms with van der Waals surface area (Å²) in [6.45, 7) is 1.90. The van der Waals surface area contributed by atoms with Gasteiger partial charge in [0.25, 0.3) is 11.8 Å². The Hall–Kier alpha value is -4.17. The van der Waals surface area contributed by atoms with Crippen LogP contribution in [0.4, 0.5) is 5.69 Å². The fourth-order valence-corrected chi connectivity index (χ4v) is 4.02. The molecule has 0 aromatic heterocycles. The molecule has 1 heterocycles. The van der Waals surface area contributed by atoms with E-state index in [0.717, 1.165) is 5.56 Å². The molecule has 0 radical (unpaired) electrons. The summed E-state index contributed by atoms with van der Waals surface area (Å²) in [5.41, 5.74) is 1.99. The lowest BCUT2D eigenvalue weighted by molar-refractivity contribution is -0.137. The van der Waals surface area contributed by atoms with Crippen LogP contribution in [0.1, 0.15) is 26.3 Å². The first-order valence-electron chi connectivity index (χ1n) is 11.8. The van der Waals surface area contributed by atoms with Gasteiger partial charge in [-0.15, -0.1) is 0 Å². The first-order valence-corrected chi connectivity index (χ1v) is 11.8. The summed E-state index contributed by atoms with van der Waals surface area (Å²) in [7, 11) is 1.55. The third-order valence-electron chi connectivity index (χ3n) is 5.98. The van der Waals surface area contributed by atoms with E-state index in [2.05, 4.69) is 10.6 Å². The van der Waals surface area contributed by atoms with Crippen LogP contribution in [0.5, 0.6) is 5.75 Å². The minimum Gasteiger partial charge on any atom is -0.497 e. The molecule has 8 heteroatoms. The van der Waals surface area contributed by atoms with Crippen LogP contribution in [0.3, 0.4) is 0 Å². The van der Waals surface area contributed by atoms with Crippen molar-refractivity contribution in [3.8, 4) is 5.75 Å². The highest BCUT2D eigenvalue weighted by molar-refractivity contribution is 6.09. The van der Waals surface area contributed by atoms with Crippen LogP contribution in [0.2, 0.25) is 0 Å². The standard InChI is InChI=1S/C28H29N3O5/c1-35-22-13-11-21(12-14-22)26(32)29-24-10-6-5-9-23(24)27(33)30-25(19-20-7-3-2-4-8-20)28(34)31-15-17-36-18-16-31/h2-14,25H,15-19H2,1H3,(H,29,32)(H,30,33). The van der Waals surface area contributed by atoms with Crippen molar-refractivity contribution >= 4 is 23.4 Å². The molecule has 1 aliphatic rings. The molecule has 0 bridgehead atoms. The molecule has 36 heavy (non-hydrogen) atoms. The minimum atomic E-state index is -0.761. The predicted octanol–water partition coefficient (Wildman–Crippen LogP) is 3.15. The first-order chi connectivity index (χ1) is 17.5. The summed E-state index contributed by atoms with van der Waals surface area (Å²) in [5.74, 6) is -0.317. The topological polar surface area (TPSA) is 97.0 Å². The Labute approximate surface area is 210 Å². The van der Waals surface area contributed by atoms with E-state index in [1.807, 2.05) is 30.3 Å². The van der Waals surface area contributed by atoms with E-state index in [0.29, 0.717) is 49.7 Å². The molecule has 3 aromatic carbocycles. The number of hydrogen-bond donors (Lipinski definition) is 2. The van der Waals surface area contributed by atoms with Crippen LogP contribution < -0.4 is 15.4 Å². The molecular weight excluding hydrogens is 458 g/mol. The van der Waals surface area contributed by atoms with Crippen LogP contribution >= 0.6 is 0 Å². The van der Waals surface area contributed by atoms with Gasteiger partial charge in [0.05, 0.1) is 31.6 Å². The molecule has 1 atom stereocenters. The van der Waals surface area contributed by atoms with Crippen LogP contribution in [0.25, 0.3) is 0 Å². The fourth-order valence-electron chi connectivity index (χ4n) is 4.02. The highest BCUT2D eigenvalue weighted by Gasteiger charge is 2.28. The molecule has 1 unspecified atom stereocenters. The average Bonchev–Trinajstić information content (AvgIpc) is 2.93. The molecule has 0 spiro atoms. The number of carbonyl (C=O) groups is 3. The molecule has 0 aliphatic carbocycles. The van der Waals surface area contributed by atoms with E-state index in [1.165, 1.54) is 0 Å². The third kappa shape index (κ3) is 6.28. The van der Waals surface area contributed by atoms with Gasteiger partial charge in [0.15, 0.2) is 0 Å². The second-order valence-corrected chi connectivity index (χ2v) is 8.38. The number of methoxy groups -OCH3 is 1. The maximum absolute atomic E-state index is 13.4. The van der Waals surface area contributed by atoms with Gasteiger partial charge < -0.3 is 25.0 Å². The van der Waals surface area contributed by atoms with Gasteiger partial charge in [-0.05, 0) is 42.0 Å². The Balaban J connectivity index is 1.52. The number of nitrogens with one attached hydrogen (secondary N) is 2. The summed E-state index contributed by atoms with van der Waals surface area (Å²) < 4.78 is 10.5. The van der Waals surface area contributed by atoms with Gasteiger partial charge >= 0.3 is 0 Å². The summed E-state index contributed by atoms with van der Waals surface area (Å²) >= 11 is 0. The Morgan fingerprint density at radius 1 is 0.889 bits per heavy atom. The van der Waals surface area contributed by atoms with Crippen molar-refractivity contribution in [2.75, 3.05) is 38.7 Å². The number of hydrogen-bond acceptors (Lipinski definition) is 5. The molecule has 3 amide bonds. The molecule has 1 aliphatic heterocycles. The van der Waals surface area contributed by atoms with E-state index >= 15 is 0 Å². The van der Waals surface area contributed by atoms with E-state index in [4.69, 9.17) is 9.47 Å². The number of rotatable bonds is 8. The van der Waals surface area contributed by atoms with Crippen LogP contribution in [-0.2, 0) is 16.0 Å². The normalized spacial score (nSPS) is 14.0. The fraction of sp³-hybridized carbons (Fsp3) is 0.250. The van der Waals surface area contributed by atoms with E-state index in [1.54, 1.807) is 60.5 Å². The quantitative estimate of drug-likeness (QED) is 0.509. The van der Waals surface area contributed by atoms with Gasteiger partial charge in [-0.3, -0.25) is 14.4 Å². The predicted molar refractivity (Wildman–Crippen MR) is 136 cm³/mol. The number of nitrogens with zero attached hydrogens (tertiary/aromatic N) is 1. The zero-order valence-corrected chi connectivity index (χ0v) is 20.1. The Kier molecular flexibility index (Phi) is 8.31. The van der Waals surface area contributed by atoms with Gasteiger partial charge in [-0.25, -0.2) is 0 Å². The van der Waals surface area contributed by atoms with Crippen LogP contribution in [0.15, 0.2) is 78.9 Å². The van der Waals surface area contributed by atoms with E-state index in [9.17, 15) is 14.4 Å². The summed E-state index contributed by atoms with van der Waals surface area (Å²) in [4.78, 5) is 41.3. The van der Waals surface area contributed by atoms with Gasteiger partial charge in [0.2, 0.25) is 5.91 Å². The number of para-hydroxylation sites is 1. The largest absolute Gasteiger partial charge is 0.497 e. The van der Waals surface area contributed by atoms with Gasteiger partial charge in [-0.2, -0.15) is 0 Å². The lowest BCUT2D eigenvalue weighted by Crippen LogP contribution is -2.52. The van der Waals surface area contributed by atoms with Crippen LogP contribution in [0, 0.1) is 0 Å². The van der Waals surface area contributed by atoms with E-state index in [-0.39, 0.29) is 17.4 Å². The molecule has 3 aromatic rings. The molecule has 186 valence electrons. The summed E-state index contributed by atoms with van der Waals surface area (Å²) in [6.07, 6.45) is 0.350. The lowest BCUT2D eigenvalue weighted by atomic mass is 10.0. The molecule has 4 rings (SSSR count). The van der Waals surface area contributed by atoms with Crippen molar-refractivity contribution in [2.45, 2.75) is 12.5 Å². The number of ether oxygens (including phenoxy) is 2. The monoisotopic (exact) mass is 487 g/mol. The molecule has 2 N–H and O–H groups in total. The maximum Gasteiger partial charge on any atom is 0.255 e. The van der Waals surface area contributed by atoms with Crippen molar-refractivity contribution in [3.05, 3.63) is 95.6 Å². The van der Waals surface area contributed by atoms with Crippen molar-refractivity contribution in [3.63, 3.8) is 0 Å². The lowest BCUT2D eigenvalue weighted by Gasteiger charge is -2.31. The highest BCUT2D eigenvalue weighted by Crippen LogP contribution is 2.19. The van der Waals surface area contributed by atoms with Crippen molar-refractivity contribution in [2.24, 2.45) is 0 Å². The molecular formula is C28H29N3O5. The number of amides is 3. The number of carbonyl (C=O) groups excluding carboxylic acids is 3. The Morgan fingerprint density at radius 2 is 1.56 bits per heavy atom. The zero-order valence-electron chi connectivity index (χ0n) is 20.1. The first kappa shape index (κ1) is 24.9. The second kappa shape index (κ2) is 12.0. The number of morpholine rings is 1. The minimum absolute atomic E-state index is 0.157. The Morgan fingerprint density at radius 3 is 2.25 bits per heavy atom. The summed E-state index contributed by atoms with van der Waals surface area (Å²) in [6, 6.07) is 22.2. The smallest absolute Gasteiger partial charge is 0.255 e. The van der Waals surface area contributed by atoms with Crippen LogP contribution in [-0.4, -0.2) is 62.1 Å². The molecule has 1 saturated heterocycles. The van der Waals surface area contributed by atoms with E-state index < -0.39 is 11.9 Å². The van der Waals surface area contributed by atoms with Gasteiger partial charge in [0, 0.05) is 25.1 Å². The van der Waals surface area contributed by atoms with Gasteiger partial charge in [0.1, 0.15) is 11.8 Å². The number of anilines is 1. The molecule has 0 saturated carbocycles. The van der Waals surface area contributed by atoms with Crippen molar-refractivity contribution in [1.29, 1.82) is 0 Å². The number of benzene rings is 3. The third-order valence-corrected chi connectivity index (χ3v) is 5.98. The van der Waals surface area contributed by atoms with Crippen molar-refractivity contribution in [1.82, 2.24) is 10.2 Å². The molecule has 1 fully saturated rings. The highest BCUT2D eigenvalue weighted by atomic mass is 16.5. The Bertz CT molecular complexity index is 1190. The van der Waals surface area contributed by atoms with Gasteiger partial charge in [-0.1, -0.05) is 42.5 Å². The van der Waals surface area contributed by atoms with Crippen molar-refractivity contribution < 1.29 is 23.9 Å². The summed E-state index contributed by atoms with van der Waals surface area (Å²) in [5, 5.41) is 5.72. The average molecular weight is 488 g/mol.